The second kappa shape index (κ2) is 14.3. The van der Waals surface area contributed by atoms with E-state index in [1.165, 1.54) is 6.92 Å². The third kappa shape index (κ3) is 6.98. The smallest absolute Gasteiger partial charge is 0.224 e. The molecule has 4 rings (SSSR count). The van der Waals surface area contributed by atoms with E-state index in [9.17, 15) is 14.4 Å². The Morgan fingerprint density at radius 1 is 1.02 bits per heavy atom. The summed E-state index contributed by atoms with van der Waals surface area (Å²) in [5.41, 5.74) is 6.06. The lowest BCUT2D eigenvalue weighted by molar-refractivity contribution is -0.119. The molecule has 1 aliphatic rings. The van der Waals surface area contributed by atoms with Crippen LogP contribution in [0.15, 0.2) is 29.1 Å². The quantitative estimate of drug-likeness (QED) is 0.250. The first-order valence-electron chi connectivity index (χ1n) is 14.9. The van der Waals surface area contributed by atoms with Gasteiger partial charge in [-0.05, 0) is 74.4 Å². The van der Waals surface area contributed by atoms with Gasteiger partial charge in [0, 0.05) is 32.5 Å². The topological polar surface area (TPSA) is 133 Å². The number of unbranched alkanes of at least 4 members (excludes halogenated alkanes) is 2. The van der Waals surface area contributed by atoms with Crippen LogP contribution in [0, 0.1) is 13.8 Å². The number of nitrogens with one attached hydrogen (secondary N) is 3. The molecule has 0 fully saturated rings. The van der Waals surface area contributed by atoms with E-state index in [1.54, 1.807) is 38.1 Å². The van der Waals surface area contributed by atoms with Crippen LogP contribution >= 0.6 is 0 Å². The van der Waals surface area contributed by atoms with Crippen LogP contribution in [-0.4, -0.2) is 49.5 Å². The van der Waals surface area contributed by atoms with Gasteiger partial charge in [0.2, 0.25) is 23.0 Å². The summed E-state index contributed by atoms with van der Waals surface area (Å²) in [6.45, 7) is 5.86. The van der Waals surface area contributed by atoms with Crippen LogP contribution in [0.3, 0.4) is 0 Å². The first-order valence-corrected chi connectivity index (χ1v) is 14.9. The van der Waals surface area contributed by atoms with Gasteiger partial charge in [0.15, 0.2) is 11.5 Å². The number of hydrogen-bond acceptors (Lipinski definition) is 8. The Kier molecular flexibility index (Phi) is 10.5. The highest BCUT2D eigenvalue weighted by molar-refractivity contribution is 5.91. The summed E-state index contributed by atoms with van der Waals surface area (Å²) >= 11 is 0. The Bertz CT molecular complexity index is 1600. The van der Waals surface area contributed by atoms with E-state index >= 15 is 0 Å². The molecule has 0 saturated carbocycles. The minimum Gasteiger partial charge on any atom is -0.493 e. The third-order valence-corrected chi connectivity index (χ3v) is 8.09. The van der Waals surface area contributed by atoms with Gasteiger partial charge in [-0.3, -0.25) is 19.1 Å². The summed E-state index contributed by atoms with van der Waals surface area (Å²) in [6.07, 6.45) is 3.98. The minimum atomic E-state index is -0.366. The van der Waals surface area contributed by atoms with Crippen molar-refractivity contribution in [2.75, 3.05) is 38.5 Å². The van der Waals surface area contributed by atoms with E-state index in [-0.39, 0.29) is 23.3 Å². The number of aryl methyl sites for hydroxylation is 3. The van der Waals surface area contributed by atoms with Gasteiger partial charge in [-0.1, -0.05) is 12.5 Å². The fourth-order valence-electron chi connectivity index (χ4n) is 5.82. The zero-order chi connectivity index (χ0) is 32.0. The van der Waals surface area contributed by atoms with Crippen LogP contribution < -0.4 is 35.6 Å². The maximum absolute atomic E-state index is 13.5. The molecule has 1 heterocycles. The number of benzene rings is 1. The zero-order valence-corrected chi connectivity index (χ0v) is 26.7. The Hall–Kier alpha value is -4.54. The van der Waals surface area contributed by atoms with Crippen LogP contribution in [0.25, 0.3) is 11.1 Å². The fourth-order valence-corrected chi connectivity index (χ4v) is 5.82. The van der Waals surface area contributed by atoms with Crippen molar-refractivity contribution >= 4 is 23.2 Å². The van der Waals surface area contributed by atoms with E-state index in [1.807, 2.05) is 33.0 Å². The fraction of sp³-hybridized carbons (Fsp3) is 0.455. The molecule has 2 aromatic carbocycles. The predicted octanol–water partition coefficient (Wildman–Crippen LogP) is 4.82. The lowest BCUT2D eigenvalue weighted by atomic mass is 9.95. The highest BCUT2D eigenvalue weighted by Gasteiger charge is 2.29. The lowest BCUT2D eigenvalue weighted by Gasteiger charge is -2.19. The maximum atomic E-state index is 13.5. The molecule has 0 aliphatic heterocycles. The molecular formula is C33H43N5O6. The molecule has 3 aromatic rings. The number of amides is 2. The normalized spacial score (nSPS) is 13.7. The van der Waals surface area contributed by atoms with E-state index in [0.29, 0.717) is 54.3 Å². The van der Waals surface area contributed by atoms with Crippen molar-refractivity contribution in [1.82, 2.24) is 15.1 Å². The molecule has 0 saturated heterocycles. The van der Waals surface area contributed by atoms with Crippen LogP contribution in [0.2, 0.25) is 0 Å². The highest BCUT2D eigenvalue weighted by atomic mass is 16.5. The van der Waals surface area contributed by atoms with Crippen LogP contribution in [-0.2, 0) is 23.1 Å². The van der Waals surface area contributed by atoms with E-state index < -0.39 is 0 Å². The van der Waals surface area contributed by atoms with Crippen molar-refractivity contribution in [3.8, 4) is 28.4 Å². The Labute approximate surface area is 258 Å². The minimum absolute atomic E-state index is 0.0331. The van der Waals surface area contributed by atoms with Gasteiger partial charge in [-0.25, -0.2) is 0 Å². The van der Waals surface area contributed by atoms with Gasteiger partial charge in [0.25, 0.3) is 0 Å². The van der Waals surface area contributed by atoms with Gasteiger partial charge >= 0.3 is 0 Å². The van der Waals surface area contributed by atoms with Crippen molar-refractivity contribution in [1.29, 1.82) is 0 Å². The molecule has 1 aromatic heterocycles. The average molecular weight is 606 g/mol. The number of rotatable bonds is 12. The van der Waals surface area contributed by atoms with Gasteiger partial charge in [0.05, 0.1) is 50.1 Å². The number of hydrogen-bond donors (Lipinski definition) is 3. The molecule has 0 spiro atoms. The van der Waals surface area contributed by atoms with Gasteiger partial charge < -0.3 is 30.2 Å². The Morgan fingerprint density at radius 3 is 2.41 bits per heavy atom. The number of carbonyl (C=O) groups excluding carboxylic acids is 2. The summed E-state index contributed by atoms with van der Waals surface area (Å²) in [6, 6.07) is 6.86. The van der Waals surface area contributed by atoms with E-state index in [4.69, 9.17) is 14.2 Å². The lowest BCUT2D eigenvalue weighted by Crippen LogP contribution is -2.26. The zero-order valence-electron chi connectivity index (χ0n) is 26.7. The van der Waals surface area contributed by atoms with E-state index in [2.05, 4.69) is 21.0 Å². The molecule has 236 valence electrons. The predicted molar refractivity (Wildman–Crippen MR) is 171 cm³/mol. The van der Waals surface area contributed by atoms with Gasteiger partial charge in [-0.2, -0.15) is 5.10 Å². The second-order valence-corrected chi connectivity index (χ2v) is 11.1. The van der Waals surface area contributed by atoms with E-state index in [0.717, 1.165) is 53.0 Å². The summed E-state index contributed by atoms with van der Waals surface area (Å²) in [5, 5.41) is 13.6. The summed E-state index contributed by atoms with van der Waals surface area (Å²) < 4.78 is 18.8. The first kappa shape index (κ1) is 32.4. The van der Waals surface area contributed by atoms with Crippen molar-refractivity contribution in [2.24, 2.45) is 7.05 Å². The summed E-state index contributed by atoms with van der Waals surface area (Å²) in [5.74, 6) is 1.32. The van der Waals surface area contributed by atoms with Gasteiger partial charge in [-0.15, -0.1) is 0 Å². The Balaban J connectivity index is 1.51. The molecule has 0 bridgehead atoms. The number of carbonyl (C=O) groups is 2. The molecule has 11 nitrogen and oxygen atoms in total. The molecule has 1 atom stereocenters. The molecule has 3 N–H and O–H groups in total. The molecule has 44 heavy (non-hydrogen) atoms. The Morgan fingerprint density at radius 2 is 1.77 bits per heavy atom. The van der Waals surface area contributed by atoms with Crippen LogP contribution in [0.4, 0.5) is 11.4 Å². The highest BCUT2D eigenvalue weighted by Crippen LogP contribution is 2.50. The molecule has 11 heteroatoms. The molecule has 1 aliphatic carbocycles. The third-order valence-electron chi connectivity index (χ3n) is 8.09. The number of nitrogens with zero attached hydrogens (tertiary/aromatic N) is 2. The standard InChI is InChI=1S/C33H43N5O6/c1-19-31(20(2)38(4)37-19)36-29(41)11-9-8-10-16-34-26-15-13-23-24(18-27(26)40)25(35-21(3)39)14-12-22-17-28(42-5)32(43-6)33(44-7)30(22)23/h13,15,17-18,25H,8-12,14,16H2,1-7H3,(H,34,40)(H,35,39)(H,36,41). The van der Waals surface area contributed by atoms with Crippen molar-refractivity contribution in [3.05, 3.63) is 57.0 Å². The maximum Gasteiger partial charge on any atom is 0.224 e. The second-order valence-electron chi connectivity index (χ2n) is 11.1. The van der Waals surface area contributed by atoms with Crippen molar-refractivity contribution in [3.63, 3.8) is 0 Å². The van der Waals surface area contributed by atoms with Crippen molar-refractivity contribution in [2.45, 2.75) is 65.3 Å². The molecular weight excluding hydrogens is 562 g/mol. The number of aromatic nitrogens is 2. The number of ether oxygens (including phenoxy) is 3. The van der Waals surface area contributed by atoms with Crippen molar-refractivity contribution < 1.29 is 23.8 Å². The van der Waals surface area contributed by atoms with Crippen LogP contribution in [0.5, 0.6) is 17.2 Å². The number of fused-ring (bicyclic) bond motifs is 3. The van der Waals surface area contributed by atoms with Gasteiger partial charge in [0.1, 0.15) is 0 Å². The average Bonchev–Trinajstić information content (AvgIpc) is 3.10. The molecule has 2 amide bonds. The number of methoxy groups -OCH3 is 3. The summed E-state index contributed by atoms with van der Waals surface area (Å²) in [7, 11) is 6.57. The monoisotopic (exact) mass is 605 g/mol. The molecule has 0 radical (unpaired) electrons. The first-order chi connectivity index (χ1) is 21.1. The largest absolute Gasteiger partial charge is 0.493 e. The van der Waals surface area contributed by atoms with Crippen LogP contribution in [0.1, 0.15) is 67.6 Å². The number of anilines is 2. The summed E-state index contributed by atoms with van der Waals surface area (Å²) in [4.78, 5) is 38.1. The SMILES string of the molecule is COc1cc2c(c(OC)c1OC)-c1ccc(NCCCCCC(=O)Nc3c(C)nn(C)c3C)c(=O)cc1C(NC(C)=O)CC2. The molecule has 1 unspecified atom stereocenters.